The number of hydrogen-bond donors (Lipinski definition) is 3. The van der Waals surface area contributed by atoms with E-state index in [-0.39, 0.29) is 25.7 Å². The van der Waals surface area contributed by atoms with E-state index in [2.05, 4.69) is 52.0 Å². The van der Waals surface area contributed by atoms with Crippen molar-refractivity contribution in [3.63, 3.8) is 0 Å². The molecule has 19 heteroatoms. The largest absolute Gasteiger partial charge is 0.472 e. The fraction of sp³-hybridized carbons (Fsp3) is 0.893. The zero-order valence-corrected chi connectivity index (χ0v) is 62.2. The van der Waals surface area contributed by atoms with Crippen LogP contribution >= 0.6 is 15.6 Å². The first-order valence-corrected chi connectivity index (χ1v) is 41.6. The lowest BCUT2D eigenvalue weighted by Gasteiger charge is -2.21. The molecule has 554 valence electrons. The van der Waals surface area contributed by atoms with Gasteiger partial charge in [0, 0.05) is 25.7 Å². The van der Waals surface area contributed by atoms with E-state index in [1.54, 1.807) is 0 Å². The normalized spacial score (nSPS) is 14.1. The summed E-state index contributed by atoms with van der Waals surface area (Å²) < 4.78 is 68.5. The zero-order valence-electron chi connectivity index (χ0n) is 60.4. The number of ether oxygens (including phenoxy) is 4. The minimum absolute atomic E-state index is 0.0932. The molecule has 0 aromatic rings. The van der Waals surface area contributed by atoms with Crippen LogP contribution in [-0.4, -0.2) is 96.7 Å². The van der Waals surface area contributed by atoms with Crippen LogP contribution in [0.15, 0.2) is 24.3 Å². The summed E-state index contributed by atoms with van der Waals surface area (Å²) >= 11 is 0. The Morgan fingerprint density at radius 1 is 0.287 bits per heavy atom. The van der Waals surface area contributed by atoms with Crippen LogP contribution in [-0.2, 0) is 65.4 Å². The number of carbonyl (C=O) groups is 4. The Labute approximate surface area is 573 Å². The van der Waals surface area contributed by atoms with Crippen LogP contribution in [0.3, 0.4) is 0 Å². The van der Waals surface area contributed by atoms with Crippen molar-refractivity contribution >= 4 is 39.5 Å². The number of esters is 4. The van der Waals surface area contributed by atoms with Crippen LogP contribution < -0.4 is 0 Å². The van der Waals surface area contributed by atoms with E-state index in [0.29, 0.717) is 25.7 Å². The number of phosphoric acid groups is 2. The zero-order chi connectivity index (χ0) is 69.0. The van der Waals surface area contributed by atoms with Crippen LogP contribution in [0.2, 0.25) is 0 Å². The molecule has 94 heavy (non-hydrogen) atoms. The van der Waals surface area contributed by atoms with Crippen LogP contribution in [0.1, 0.15) is 374 Å². The molecule has 0 heterocycles. The van der Waals surface area contributed by atoms with Gasteiger partial charge < -0.3 is 33.8 Å². The van der Waals surface area contributed by atoms with Gasteiger partial charge in [0.2, 0.25) is 0 Å². The number of phosphoric ester groups is 2. The first-order chi connectivity index (χ1) is 45.7. The molecule has 0 aromatic carbocycles. The average molecular weight is 1380 g/mol. The molecule has 5 atom stereocenters. The monoisotopic (exact) mass is 1380 g/mol. The maximum absolute atomic E-state index is 13.1. The number of aliphatic hydroxyl groups excluding tert-OH is 1. The molecule has 0 rings (SSSR count). The van der Waals surface area contributed by atoms with E-state index in [0.717, 1.165) is 116 Å². The highest BCUT2D eigenvalue weighted by Gasteiger charge is 2.30. The highest BCUT2D eigenvalue weighted by Crippen LogP contribution is 2.45. The number of hydrogen-bond acceptors (Lipinski definition) is 15. The Kier molecular flexibility index (Phi) is 67.2. The molecule has 3 N–H and O–H groups in total. The van der Waals surface area contributed by atoms with Crippen molar-refractivity contribution in [1.29, 1.82) is 0 Å². The standard InChI is InChI=1S/C75H142O17P2/c1-5-9-13-17-21-25-29-33-34-38-42-46-50-54-58-62-75(80)92-71(66-86-73(78)60-56-52-48-44-40-36-31-27-23-19-15-11-7-3)68-90-94(83,84)88-64-69(76)63-87-93(81,82)89-67-70(91-74(79)61-57-53-49-45-41-37-32-28-24-20-16-12-8-4)65-85-72(77)59-55-51-47-43-39-35-30-26-22-18-14-10-6-2/h28,32-34,69-71,76H,5-27,29-31,35-68H2,1-4H3,(H,81,82)(H,83,84)/b32-28-,34-33-. The number of allylic oxidation sites excluding steroid dienone is 4. The van der Waals surface area contributed by atoms with Gasteiger partial charge >= 0.3 is 39.5 Å². The van der Waals surface area contributed by atoms with E-state index in [1.165, 1.54) is 180 Å². The Hall–Kier alpha value is -2.46. The van der Waals surface area contributed by atoms with Crippen LogP contribution in [0.5, 0.6) is 0 Å². The van der Waals surface area contributed by atoms with E-state index in [9.17, 15) is 43.2 Å². The highest BCUT2D eigenvalue weighted by molar-refractivity contribution is 7.47. The predicted octanol–water partition coefficient (Wildman–Crippen LogP) is 21.8. The van der Waals surface area contributed by atoms with Crippen molar-refractivity contribution in [1.82, 2.24) is 0 Å². The van der Waals surface area contributed by atoms with Gasteiger partial charge in [0.15, 0.2) is 12.2 Å². The molecule has 0 amide bonds. The maximum atomic E-state index is 13.1. The van der Waals surface area contributed by atoms with Gasteiger partial charge in [0.05, 0.1) is 26.4 Å². The molecular weight excluding hydrogens is 1230 g/mol. The minimum Gasteiger partial charge on any atom is -0.462 e. The summed E-state index contributed by atoms with van der Waals surface area (Å²) in [6.07, 6.45) is 61.6. The van der Waals surface area contributed by atoms with Gasteiger partial charge in [-0.05, 0) is 77.0 Å². The lowest BCUT2D eigenvalue weighted by Crippen LogP contribution is -2.30. The van der Waals surface area contributed by atoms with Gasteiger partial charge in [-0.25, -0.2) is 9.13 Å². The van der Waals surface area contributed by atoms with Crippen molar-refractivity contribution < 1.29 is 80.2 Å². The van der Waals surface area contributed by atoms with E-state index < -0.39 is 97.5 Å². The van der Waals surface area contributed by atoms with Gasteiger partial charge in [0.1, 0.15) is 19.3 Å². The van der Waals surface area contributed by atoms with Crippen LogP contribution in [0.4, 0.5) is 0 Å². The smallest absolute Gasteiger partial charge is 0.462 e. The average Bonchev–Trinajstić information content (AvgIpc) is 1.32. The Morgan fingerprint density at radius 3 is 0.745 bits per heavy atom. The van der Waals surface area contributed by atoms with Gasteiger partial charge in [-0.1, -0.05) is 296 Å². The summed E-state index contributed by atoms with van der Waals surface area (Å²) in [5.74, 6) is -2.15. The number of rotatable bonds is 74. The molecule has 0 spiro atoms. The van der Waals surface area contributed by atoms with E-state index in [4.69, 9.17) is 37.0 Å². The van der Waals surface area contributed by atoms with Crippen LogP contribution in [0, 0.1) is 0 Å². The second-order valence-corrected chi connectivity index (χ2v) is 29.2. The van der Waals surface area contributed by atoms with Crippen molar-refractivity contribution in [2.45, 2.75) is 393 Å². The summed E-state index contributed by atoms with van der Waals surface area (Å²) in [5.41, 5.74) is 0. The molecule has 0 bridgehead atoms. The minimum atomic E-state index is -4.96. The van der Waals surface area contributed by atoms with Gasteiger partial charge in [0.25, 0.3) is 0 Å². The highest BCUT2D eigenvalue weighted by atomic mass is 31.2. The molecule has 0 aliphatic carbocycles. The Morgan fingerprint density at radius 2 is 0.489 bits per heavy atom. The van der Waals surface area contributed by atoms with Gasteiger partial charge in [-0.15, -0.1) is 0 Å². The molecule has 0 saturated carbocycles. The van der Waals surface area contributed by atoms with E-state index in [1.807, 2.05) is 0 Å². The fourth-order valence-corrected chi connectivity index (χ4v) is 12.6. The van der Waals surface area contributed by atoms with Crippen molar-refractivity contribution in [2.75, 3.05) is 39.6 Å². The summed E-state index contributed by atoms with van der Waals surface area (Å²) in [4.78, 5) is 72.8. The predicted molar refractivity (Wildman–Crippen MR) is 381 cm³/mol. The van der Waals surface area contributed by atoms with Crippen molar-refractivity contribution in [3.05, 3.63) is 24.3 Å². The number of unbranched alkanes of at least 4 members (excludes halogenated alkanes) is 44. The topological polar surface area (TPSA) is 237 Å². The summed E-state index contributed by atoms with van der Waals surface area (Å²) in [6.45, 7) is 4.92. The molecule has 0 aliphatic heterocycles. The number of aliphatic hydroxyl groups is 1. The third-order valence-corrected chi connectivity index (χ3v) is 18.8. The Balaban J connectivity index is 5.30. The SMILES string of the molecule is CCCCCC/C=C\CCCCCCCC(=O)OC(COC(=O)CCCCCCCCCCCCCCC)COP(=O)(O)OCC(O)COP(=O)(O)OCC(COC(=O)CCCCCCCCCCCCCCC)OC(=O)CCCCCCC/C=C\CCCCCCCC. The molecule has 0 fully saturated rings. The summed E-state index contributed by atoms with van der Waals surface area (Å²) in [5, 5.41) is 10.6. The molecular formula is C75H142O17P2. The third-order valence-electron chi connectivity index (χ3n) is 16.9. The lowest BCUT2D eigenvalue weighted by molar-refractivity contribution is -0.161. The molecule has 0 radical (unpaired) electrons. The molecule has 0 aromatic heterocycles. The molecule has 5 unspecified atom stereocenters. The maximum Gasteiger partial charge on any atom is 0.472 e. The molecule has 17 nitrogen and oxygen atoms in total. The second-order valence-electron chi connectivity index (χ2n) is 26.3. The van der Waals surface area contributed by atoms with E-state index >= 15 is 0 Å². The first kappa shape index (κ1) is 91.5. The van der Waals surface area contributed by atoms with Crippen molar-refractivity contribution in [3.8, 4) is 0 Å². The van der Waals surface area contributed by atoms with Crippen molar-refractivity contribution in [2.24, 2.45) is 0 Å². The Bertz CT molecular complexity index is 1880. The number of carbonyl (C=O) groups excluding carboxylic acids is 4. The summed E-state index contributed by atoms with van der Waals surface area (Å²) in [6, 6.07) is 0. The third kappa shape index (κ3) is 68.1. The molecule has 0 saturated heterocycles. The van der Waals surface area contributed by atoms with Gasteiger partial charge in [-0.3, -0.25) is 37.3 Å². The summed E-state index contributed by atoms with van der Waals surface area (Å²) in [7, 11) is -9.92. The first-order valence-electron chi connectivity index (χ1n) is 38.6. The van der Waals surface area contributed by atoms with Gasteiger partial charge in [-0.2, -0.15) is 0 Å². The van der Waals surface area contributed by atoms with Crippen LogP contribution in [0.25, 0.3) is 0 Å². The second kappa shape index (κ2) is 69.0. The fourth-order valence-electron chi connectivity index (χ4n) is 11.0. The lowest BCUT2D eigenvalue weighted by atomic mass is 10.0. The quantitative estimate of drug-likeness (QED) is 0.0169. The molecule has 0 aliphatic rings.